The molecule has 0 N–H and O–H groups in total. The number of aromatic nitrogens is 2. The average molecular weight is 339 g/mol. The topological polar surface area (TPSA) is 66.4 Å². The summed E-state index contributed by atoms with van der Waals surface area (Å²) in [4.78, 5) is 10.6. The molecule has 2 aromatic rings. The molecule has 1 aromatic heterocycles. The second-order valence-electron chi connectivity index (χ2n) is 4.91. The highest BCUT2D eigenvalue weighted by molar-refractivity contribution is 7.89. The van der Waals surface area contributed by atoms with Gasteiger partial charge in [-0.15, -0.1) is 0 Å². The first-order valence-electron chi connectivity index (χ1n) is 6.85. The molecule has 1 aliphatic heterocycles. The summed E-state index contributed by atoms with van der Waals surface area (Å²) >= 11 is 5.77. The van der Waals surface area contributed by atoms with Gasteiger partial charge in [-0.05, 0) is 12.1 Å². The van der Waals surface area contributed by atoms with Crippen molar-refractivity contribution in [1.29, 1.82) is 0 Å². The average Bonchev–Trinajstić information content (AvgIpc) is 2.56. The molecule has 1 saturated heterocycles. The first-order valence-corrected chi connectivity index (χ1v) is 8.67. The minimum atomic E-state index is -3.43. The van der Waals surface area contributed by atoms with Gasteiger partial charge in [0.15, 0.2) is 0 Å². The Bertz CT molecular complexity index is 729. The van der Waals surface area contributed by atoms with E-state index in [0.29, 0.717) is 42.0 Å². The van der Waals surface area contributed by atoms with Crippen LogP contribution in [0.1, 0.15) is 0 Å². The molecule has 0 radical (unpaired) electrons. The van der Waals surface area contributed by atoms with Gasteiger partial charge in [0.05, 0.1) is 22.3 Å². The van der Waals surface area contributed by atoms with E-state index < -0.39 is 10.0 Å². The van der Waals surface area contributed by atoms with Gasteiger partial charge in [-0.25, -0.2) is 18.4 Å². The molecule has 0 atom stereocenters. The summed E-state index contributed by atoms with van der Waals surface area (Å²) in [6.45, 7) is 1.91. The predicted molar refractivity (Wildman–Crippen MR) is 84.5 cm³/mol. The smallest absolute Gasteiger partial charge is 0.243 e. The van der Waals surface area contributed by atoms with Gasteiger partial charge in [-0.3, -0.25) is 0 Å². The van der Waals surface area contributed by atoms with Gasteiger partial charge in [0.1, 0.15) is 0 Å². The number of benzene rings is 1. The zero-order chi connectivity index (χ0) is 15.6. The number of piperazine rings is 1. The number of halogens is 1. The minimum Gasteiger partial charge on any atom is -0.338 e. The Labute approximate surface area is 134 Å². The molecule has 0 amide bonds. The van der Waals surface area contributed by atoms with Crippen molar-refractivity contribution in [2.45, 2.75) is 4.90 Å². The van der Waals surface area contributed by atoms with Gasteiger partial charge in [-0.1, -0.05) is 29.8 Å². The van der Waals surface area contributed by atoms with E-state index in [1.54, 1.807) is 30.3 Å². The third kappa shape index (κ3) is 3.06. The molecule has 0 unspecified atom stereocenters. The summed E-state index contributed by atoms with van der Waals surface area (Å²) in [5.74, 6) is 0.571. The van der Waals surface area contributed by atoms with E-state index in [9.17, 15) is 8.42 Å². The number of anilines is 1. The Kier molecular flexibility index (Phi) is 4.28. The molecule has 1 aromatic carbocycles. The van der Waals surface area contributed by atoms with Crippen molar-refractivity contribution in [1.82, 2.24) is 14.3 Å². The van der Waals surface area contributed by atoms with Crippen molar-refractivity contribution < 1.29 is 8.42 Å². The van der Waals surface area contributed by atoms with Gasteiger partial charge >= 0.3 is 0 Å². The Morgan fingerprint density at radius 2 is 1.55 bits per heavy atom. The SMILES string of the molecule is O=S(=O)(c1ccccc1)N1CCN(c2ncc(Cl)cn2)CC1. The van der Waals surface area contributed by atoms with Crippen LogP contribution in [-0.2, 0) is 10.0 Å². The molecule has 2 heterocycles. The standard InChI is InChI=1S/C14H15ClN4O2S/c15-12-10-16-14(17-11-12)18-6-8-19(9-7-18)22(20,21)13-4-2-1-3-5-13/h1-5,10-11H,6-9H2. The van der Waals surface area contributed by atoms with Crippen LogP contribution in [-0.4, -0.2) is 48.9 Å². The van der Waals surface area contributed by atoms with E-state index in [1.807, 2.05) is 4.90 Å². The summed E-state index contributed by atoms with van der Waals surface area (Å²) in [6.07, 6.45) is 3.08. The van der Waals surface area contributed by atoms with Gasteiger partial charge < -0.3 is 4.90 Å². The van der Waals surface area contributed by atoms with Gasteiger partial charge in [0, 0.05) is 26.2 Å². The van der Waals surface area contributed by atoms with Gasteiger partial charge in [-0.2, -0.15) is 4.31 Å². The molecular formula is C14H15ClN4O2S. The van der Waals surface area contributed by atoms with Gasteiger partial charge in [0.25, 0.3) is 0 Å². The lowest BCUT2D eigenvalue weighted by molar-refractivity contribution is 0.382. The molecule has 1 fully saturated rings. The van der Waals surface area contributed by atoms with Crippen LogP contribution in [0.4, 0.5) is 5.95 Å². The number of nitrogens with zero attached hydrogens (tertiary/aromatic N) is 4. The zero-order valence-electron chi connectivity index (χ0n) is 11.8. The van der Waals surface area contributed by atoms with Crippen molar-refractivity contribution in [3.63, 3.8) is 0 Å². The minimum absolute atomic E-state index is 0.325. The lowest BCUT2D eigenvalue weighted by atomic mass is 10.4. The molecule has 1 aliphatic rings. The number of hydrogen-bond donors (Lipinski definition) is 0. The van der Waals surface area contributed by atoms with E-state index in [4.69, 9.17) is 11.6 Å². The molecule has 0 aliphatic carbocycles. The molecular weight excluding hydrogens is 324 g/mol. The highest BCUT2D eigenvalue weighted by atomic mass is 35.5. The lowest BCUT2D eigenvalue weighted by Crippen LogP contribution is -2.49. The maximum absolute atomic E-state index is 12.5. The molecule has 0 bridgehead atoms. The second-order valence-corrected chi connectivity index (χ2v) is 7.28. The van der Waals surface area contributed by atoms with Crippen molar-refractivity contribution >= 4 is 27.6 Å². The monoisotopic (exact) mass is 338 g/mol. The first-order chi connectivity index (χ1) is 10.6. The fraction of sp³-hybridized carbons (Fsp3) is 0.286. The lowest BCUT2D eigenvalue weighted by Gasteiger charge is -2.33. The highest BCUT2D eigenvalue weighted by Crippen LogP contribution is 2.19. The quantitative estimate of drug-likeness (QED) is 0.851. The Morgan fingerprint density at radius 1 is 0.955 bits per heavy atom. The molecule has 116 valence electrons. The summed E-state index contributed by atoms with van der Waals surface area (Å²) in [7, 11) is -3.43. The Morgan fingerprint density at radius 3 is 2.14 bits per heavy atom. The Balaban J connectivity index is 1.70. The normalized spacial score (nSPS) is 16.7. The van der Waals surface area contributed by atoms with Crippen LogP contribution in [0.3, 0.4) is 0 Å². The summed E-state index contributed by atoms with van der Waals surface area (Å²) in [5.41, 5.74) is 0. The maximum Gasteiger partial charge on any atom is 0.243 e. The molecule has 0 spiro atoms. The van der Waals surface area contributed by atoms with Crippen molar-refractivity contribution in [3.8, 4) is 0 Å². The predicted octanol–water partition coefficient (Wildman–Crippen LogP) is 1.64. The molecule has 22 heavy (non-hydrogen) atoms. The van der Waals surface area contributed by atoms with Crippen LogP contribution in [0, 0.1) is 0 Å². The van der Waals surface area contributed by atoms with Crippen LogP contribution in [0.25, 0.3) is 0 Å². The van der Waals surface area contributed by atoms with Crippen LogP contribution < -0.4 is 4.90 Å². The number of rotatable bonds is 3. The fourth-order valence-corrected chi connectivity index (χ4v) is 3.88. The van der Waals surface area contributed by atoms with Crippen LogP contribution in [0.15, 0.2) is 47.6 Å². The number of hydrogen-bond acceptors (Lipinski definition) is 5. The summed E-state index contributed by atoms with van der Waals surface area (Å²) in [6, 6.07) is 8.48. The third-order valence-corrected chi connectivity index (χ3v) is 5.62. The van der Waals surface area contributed by atoms with Crippen LogP contribution in [0.5, 0.6) is 0 Å². The highest BCUT2D eigenvalue weighted by Gasteiger charge is 2.28. The molecule has 3 rings (SSSR count). The molecule has 0 saturated carbocycles. The van der Waals surface area contributed by atoms with Crippen molar-refractivity contribution in [3.05, 3.63) is 47.7 Å². The van der Waals surface area contributed by atoms with Crippen molar-refractivity contribution in [2.75, 3.05) is 31.1 Å². The van der Waals surface area contributed by atoms with Crippen LogP contribution in [0.2, 0.25) is 5.02 Å². The van der Waals surface area contributed by atoms with E-state index in [2.05, 4.69) is 9.97 Å². The second kappa shape index (κ2) is 6.20. The van der Waals surface area contributed by atoms with Gasteiger partial charge in [0.2, 0.25) is 16.0 Å². The van der Waals surface area contributed by atoms with Crippen molar-refractivity contribution in [2.24, 2.45) is 0 Å². The van der Waals surface area contributed by atoms with E-state index in [-0.39, 0.29) is 0 Å². The fourth-order valence-electron chi connectivity index (χ4n) is 2.34. The number of sulfonamides is 1. The van der Waals surface area contributed by atoms with E-state index in [0.717, 1.165) is 0 Å². The Hall–Kier alpha value is -1.70. The van der Waals surface area contributed by atoms with E-state index >= 15 is 0 Å². The zero-order valence-corrected chi connectivity index (χ0v) is 13.3. The molecule has 6 nitrogen and oxygen atoms in total. The summed E-state index contributed by atoms with van der Waals surface area (Å²) < 4.78 is 26.6. The third-order valence-electron chi connectivity index (χ3n) is 3.51. The molecule has 8 heteroatoms. The largest absolute Gasteiger partial charge is 0.338 e. The first kappa shape index (κ1) is 15.2. The van der Waals surface area contributed by atoms with E-state index in [1.165, 1.54) is 16.7 Å². The summed E-state index contributed by atoms with van der Waals surface area (Å²) in [5, 5.41) is 0.481. The van der Waals surface area contributed by atoms with Crippen LogP contribution >= 0.6 is 11.6 Å². The maximum atomic E-state index is 12.5.